The normalized spacial score (nSPS) is 10.8. The maximum atomic E-state index is 5.52. The zero-order valence-corrected chi connectivity index (χ0v) is 13.8. The van der Waals surface area contributed by atoms with E-state index in [2.05, 4.69) is 23.8 Å². The third-order valence-corrected chi connectivity index (χ3v) is 3.79. The minimum Gasteiger partial charge on any atom is -0.493 e. The minimum absolute atomic E-state index is 0.266. The predicted octanol–water partition coefficient (Wildman–Crippen LogP) is 4.26. The summed E-state index contributed by atoms with van der Waals surface area (Å²) in [6, 6.07) is 5.79. The molecule has 112 valence electrons. The molecule has 0 atom stereocenters. The molecule has 5 heteroatoms. The van der Waals surface area contributed by atoms with Crippen molar-refractivity contribution in [3.8, 4) is 22.8 Å². The molecule has 0 aliphatic rings. The van der Waals surface area contributed by atoms with Crippen LogP contribution in [0.25, 0.3) is 11.3 Å². The Morgan fingerprint density at radius 3 is 2.48 bits per heavy atom. The Hall–Kier alpha value is -1.88. The average Bonchev–Trinajstić information content (AvgIpc) is 2.48. The fraction of sp³-hybridized carbons (Fsp3) is 0.375. The zero-order valence-electron chi connectivity index (χ0n) is 13.0. The molecular weight excluding hydrogens is 284 g/mol. The van der Waals surface area contributed by atoms with Crippen molar-refractivity contribution in [1.29, 1.82) is 0 Å². The molecule has 0 bridgehead atoms. The summed E-state index contributed by atoms with van der Waals surface area (Å²) in [5, 5.41) is 0. The second-order valence-corrected chi connectivity index (χ2v) is 5.51. The Bertz CT molecular complexity index is 708. The van der Waals surface area contributed by atoms with Crippen molar-refractivity contribution in [3.05, 3.63) is 34.2 Å². The molecule has 4 nitrogen and oxygen atoms in total. The number of methoxy groups -OCH3 is 2. The highest BCUT2D eigenvalue weighted by atomic mass is 32.1. The van der Waals surface area contributed by atoms with Crippen LogP contribution in [0.4, 0.5) is 0 Å². The lowest BCUT2D eigenvalue weighted by Crippen LogP contribution is -2.03. The van der Waals surface area contributed by atoms with Gasteiger partial charge in [0.05, 0.1) is 19.9 Å². The van der Waals surface area contributed by atoms with Gasteiger partial charge in [0.1, 0.15) is 10.5 Å². The number of aromatic nitrogens is 2. The van der Waals surface area contributed by atoms with Crippen molar-refractivity contribution in [2.45, 2.75) is 26.7 Å². The molecule has 1 heterocycles. The van der Waals surface area contributed by atoms with Gasteiger partial charge < -0.3 is 14.5 Å². The molecule has 0 aliphatic heterocycles. The van der Waals surface area contributed by atoms with Gasteiger partial charge in [0.15, 0.2) is 11.5 Å². The van der Waals surface area contributed by atoms with Gasteiger partial charge in [-0.05, 0) is 19.1 Å². The topological polar surface area (TPSA) is 47.1 Å². The maximum absolute atomic E-state index is 5.52. The van der Waals surface area contributed by atoms with Gasteiger partial charge >= 0.3 is 0 Å². The third-order valence-electron chi connectivity index (χ3n) is 3.39. The molecule has 21 heavy (non-hydrogen) atoms. The van der Waals surface area contributed by atoms with Crippen molar-refractivity contribution in [2.75, 3.05) is 14.2 Å². The lowest BCUT2D eigenvalue weighted by atomic mass is 10.1. The molecule has 0 amide bonds. The number of nitrogens with zero attached hydrogens (tertiary/aromatic N) is 1. The highest BCUT2D eigenvalue weighted by Crippen LogP contribution is 2.38. The largest absolute Gasteiger partial charge is 0.493 e. The number of ether oxygens (including phenoxy) is 2. The van der Waals surface area contributed by atoms with E-state index in [4.69, 9.17) is 21.7 Å². The number of rotatable bonds is 4. The van der Waals surface area contributed by atoms with E-state index in [9.17, 15) is 0 Å². The van der Waals surface area contributed by atoms with Gasteiger partial charge in [0.25, 0.3) is 0 Å². The lowest BCUT2D eigenvalue weighted by Gasteiger charge is -2.16. The van der Waals surface area contributed by atoms with Crippen LogP contribution in [0.2, 0.25) is 0 Å². The van der Waals surface area contributed by atoms with E-state index < -0.39 is 0 Å². The van der Waals surface area contributed by atoms with E-state index in [1.165, 1.54) is 0 Å². The summed E-state index contributed by atoms with van der Waals surface area (Å²) < 4.78 is 11.5. The monoisotopic (exact) mass is 304 g/mol. The minimum atomic E-state index is 0.266. The SMILES string of the molecule is COc1cccc(-c2[nH]c(C(C)C)nc(=S)c2C)c1OC. The van der Waals surface area contributed by atoms with Gasteiger partial charge in [-0.3, -0.25) is 0 Å². The van der Waals surface area contributed by atoms with Crippen LogP contribution in [0.1, 0.15) is 31.2 Å². The number of hydrogen-bond acceptors (Lipinski definition) is 4. The number of hydrogen-bond donors (Lipinski definition) is 1. The van der Waals surface area contributed by atoms with Crippen LogP contribution in [0, 0.1) is 11.6 Å². The molecule has 0 spiro atoms. The zero-order chi connectivity index (χ0) is 15.6. The van der Waals surface area contributed by atoms with Crippen molar-refractivity contribution >= 4 is 12.2 Å². The number of nitrogens with one attached hydrogen (secondary N) is 1. The van der Waals surface area contributed by atoms with Crippen LogP contribution in [0.3, 0.4) is 0 Å². The fourth-order valence-electron chi connectivity index (χ4n) is 2.18. The second-order valence-electron chi connectivity index (χ2n) is 5.12. The predicted molar refractivity (Wildman–Crippen MR) is 86.8 cm³/mol. The third kappa shape index (κ3) is 2.93. The molecule has 0 saturated heterocycles. The Labute approximate surface area is 130 Å². The number of aromatic amines is 1. The van der Waals surface area contributed by atoms with Gasteiger partial charge in [-0.1, -0.05) is 32.1 Å². The number of benzene rings is 1. The molecule has 0 aliphatic carbocycles. The van der Waals surface area contributed by atoms with E-state index in [-0.39, 0.29) is 5.92 Å². The van der Waals surface area contributed by atoms with Crippen LogP contribution in [-0.4, -0.2) is 24.2 Å². The van der Waals surface area contributed by atoms with Crippen LogP contribution in [0.15, 0.2) is 18.2 Å². The first-order valence-electron chi connectivity index (χ1n) is 6.81. The Morgan fingerprint density at radius 1 is 1.19 bits per heavy atom. The van der Waals surface area contributed by atoms with Crippen LogP contribution >= 0.6 is 12.2 Å². The highest BCUT2D eigenvalue weighted by molar-refractivity contribution is 7.71. The first-order valence-corrected chi connectivity index (χ1v) is 7.22. The van der Waals surface area contributed by atoms with E-state index >= 15 is 0 Å². The first kappa shape index (κ1) is 15.5. The van der Waals surface area contributed by atoms with Gasteiger partial charge in [-0.15, -0.1) is 0 Å². The quantitative estimate of drug-likeness (QED) is 0.858. The molecule has 0 saturated carbocycles. The van der Waals surface area contributed by atoms with Crippen LogP contribution in [0.5, 0.6) is 11.5 Å². The average molecular weight is 304 g/mol. The lowest BCUT2D eigenvalue weighted by molar-refractivity contribution is 0.356. The molecule has 2 rings (SSSR count). The summed E-state index contributed by atoms with van der Waals surface area (Å²) in [6.07, 6.45) is 0. The molecule has 0 unspecified atom stereocenters. The van der Waals surface area contributed by atoms with Gasteiger partial charge in [-0.2, -0.15) is 0 Å². The number of para-hydroxylation sites is 1. The fourth-order valence-corrected chi connectivity index (χ4v) is 2.38. The Balaban J connectivity index is 2.75. The van der Waals surface area contributed by atoms with Gasteiger partial charge in [0.2, 0.25) is 0 Å². The molecule has 1 N–H and O–H groups in total. The Kier molecular flexibility index (Phi) is 4.63. The summed E-state index contributed by atoms with van der Waals surface area (Å²) in [4.78, 5) is 7.83. The van der Waals surface area contributed by atoms with E-state index in [1.807, 2.05) is 25.1 Å². The first-order chi connectivity index (χ1) is 9.99. The molecule has 2 aromatic rings. The van der Waals surface area contributed by atoms with Gasteiger partial charge in [0, 0.05) is 17.0 Å². The molecule has 0 radical (unpaired) electrons. The standard InChI is InChI=1S/C16H20N2O2S/c1-9(2)15-17-13(10(3)16(21)18-15)11-7-6-8-12(19-4)14(11)20-5/h6-9H,1-5H3,(H,17,18,21). The molecule has 0 fully saturated rings. The van der Waals surface area contributed by atoms with Crippen molar-refractivity contribution in [2.24, 2.45) is 0 Å². The van der Waals surface area contributed by atoms with Crippen LogP contribution < -0.4 is 9.47 Å². The Morgan fingerprint density at radius 2 is 1.90 bits per heavy atom. The number of H-pyrrole nitrogens is 1. The van der Waals surface area contributed by atoms with E-state index in [0.717, 1.165) is 22.6 Å². The van der Waals surface area contributed by atoms with Gasteiger partial charge in [-0.25, -0.2) is 4.98 Å². The molecule has 1 aromatic heterocycles. The summed E-state index contributed by atoms with van der Waals surface area (Å²) in [5.41, 5.74) is 2.78. The van der Waals surface area contributed by atoms with E-state index in [0.29, 0.717) is 16.1 Å². The summed E-state index contributed by atoms with van der Waals surface area (Å²) >= 11 is 5.39. The highest BCUT2D eigenvalue weighted by Gasteiger charge is 2.16. The summed E-state index contributed by atoms with van der Waals surface area (Å²) in [7, 11) is 3.26. The smallest absolute Gasteiger partial charge is 0.170 e. The molecular formula is C16H20N2O2S. The van der Waals surface area contributed by atoms with E-state index in [1.54, 1.807) is 14.2 Å². The van der Waals surface area contributed by atoms with Crippen molar-refractivity contribution in [3.63, 3.8) is 0 Å². The van der Waals surface area contributed by atoms with Crippen LogP contribution in [-0.2, 0) is 0 Å². The van der Waals surface area contributed by atoms with Crippen molar-refractivity contribution in [1.82, 2.24) is 9.97 Å². The molecule has 1 aromatic carbocycles. The van der Waals surface area contributed by atoms with Crippen molar-refractivity contribution < 1.29 is 9.47 Å². The summed E-state index contributed by atoms with van der Waals surface area (Å²) in [6.45, 7) is 6.12. The maximum Gasteiger partial charge on any atom is 0.170 e. The second kappa shape index (κ2) is 6.26. The summed E-state index contributed by atoms with van der Waals surface area (Å²) in [5.74, 6) is 2.51.